The topological polar surface area (TPSA) is 252 Å². The second-order valence-electron chi connectivity index (χ2n) is 16.3. The molecule has 4 atom stereocenters. The van der Waals surface area contributed by atoms with Gasteiger partial charge in [0.25, 0.3) is 20.0 Å². The number of benzene rings is 2. The largest absolute Gasteiger partial charge is 0.366 e. The van der Waals surface area contributed by atoms with Gasteiger partial charge in [-0.15, -0.1) is 20.4 Å². The number of hydrogen-bond donors (Lipinski definition) is 2. The Morgan fingerprint density at radius 2 is 1.14 bits per heavy atom. The first kappa shape index (κ1) is 40.9. The molecule has 2 aliphatic rings. The van der Waals surface area contributed by atoms with E-state index in [2.05, 4.69) is 45.6 Å². The summed E-state index contributed by atoms with van der Waals surface area (Å²) in [4.78, 5) is 17.5. The summed E-state index contributed by atoms with van der Waals surface area (Å²) in [5.74, 6) is 2.55. The summed E-state index contributed by atoms with van der Waals surface area (Å²) in [6.45, 7) is 3.83. The van der Waals surface area contributed by atoms with Crippen LogP contribution in [0.5, 0.6) is 0 Å². The zero-order chi connectivity index (χ0) is 44.3. The standard InChI is InChI=1S/C24H21N9O2S.C19H20N6O2S/c1-15-2-6-19(7-3-15)36(34,35)32-9-8-20-24(32)28-14-22-30-31-23(33(20)22)16-4-5-17(10-16)29-21-13-26-18(11-25)12-27-21;1-12-2-6-15(7-3-12)28(26,27)24-9-8-16-19(24)21-11-17-22-23-18(25(16)17)13-4-5-14(20)10-13/h2-3,6-9,12-14,16-17H,4-5,10H2,1H3,(H,27,29);2-3,6-9,11,13-14H,4-5,10,20H2,1H3/t16-,17+;13-,14+/m11/s1. The van der Waals surface area contributed by atoms with Crippen molar-refractivity contribution in [2.24, 2.45) is 5.73 Å². The van der Waals surface area contributed by atoms with Crippen molar-refractivity contribution in [1.82, 2.24) is 57.1 Å². The van der Waals surface area contributed by atoms with Gasteiger partial charge in [0.2, 0.25) is 0 Å². The molecule has 2 aliphatic carbocycles. The molecule has 7 aromatic heterocycles. The van der Waals surface area contributed by atoms with Gasteiger partial charge in [-0.25, -0.2) is 44.7 Å². The van der Waals surface area contributed by atoms with E-state index in [1.54, 1.807) is 79.3 Å². The van der Waals surface area contributed by atoms with E-state index in [1.165, 1.54) is 26.5 Å². The Bertz CT molecular complexity index is 3480. The molecular formula is C43H41N15O4S2. The number of anilines is 1. The summed E-state index contributed by atoms with van der Waals surface area (Å²) in [6, 6.07) is 19.3. The van der Waals surface area contributed by atoms with E-state index in [4.69, 9.17) is 11.0 Å². The molecule has 0 aliphatic heterocycles. The van der Waals surface area contributed by atoms with Gasteiger partial charge < -0.3 is 11.1 Å². The van der Waals surface area contributed by atoms with Crippen LogP contribution in [0.1, 0.15) is 78.8 Å². The minimum atomic E-state index is -3.81. The van der Waals surface area contributed by atoms with Gasteiger partial charge in [-0.05, 0) is 88.8 Å². The Labute approximate surface area is 366 Å². The average Bonchev–Trinajstić information content (AvgIpc) is 4.15. The highest BCUT2D eigenvalue weighted by molar-refractivity contribution is 7.90. The minimum Gasteiger partial charge on any atom is -0.366 e. The molecule has 2 saturated carbocycles. The van der Waals surface area contributed by atoms with Gasteiger partial charge in [-0.3, -0.25) is 8.80 Å². The first-order valence-corrected chi connectivity index (χ1v) is 23.6. The van der Waals surface area contributed by atoms with E-state index in [1.807, 2.05) is 28.7 Å². The van der Waals surface area contributed by atoms with Crippen molar-refractivity contribution in [3.63, 3.8) is 0 Å². The second kappa shape index (κ2) is 15.9. The fourth-order valence-corrected chi connectivity index (χ4v) is 11.3. The summed E-state index contributed by atoms with van der Waals surface area (Å²) >= 11 is 0. The lowest BCUT2D eigenvalue weighted by Crippen LogP contribution is -2.17. The summed E-state index contributed by atoms with van der Waals surface area (Å²) in [6.07, 6.45) is 14.5. The van der Waals surface area contributed by atoms with Crippen LogP contribution < -0.4 is 11.1 Å². The number of fused-ring (bicyclic) bond motifs is 6. The summed E-state index contributed by atoms with van der Waals surface area (Å²) in [7, 11) is -7.57. The highest BCUT2D eigenvalue weighted by Gasteiger charge is 2.32. The Morgan fingerprint density at radius 1 is 0.625 bits per heavy atom. The molecule has 21 heteroatoms. The highest BCUT2D eigenvalue weighted by atomic mass is 32.2. The van der Waals surface area contributed by atoms with Crippen molar-refractivity contribution in [1.29, 1.82) is 5.26 Å². The van der Waals surface area contributed by atoms with E-state index in [0.29, 0.717) is 39.4 Å². The Hall–Kier alpha value is -7.15. The molecule has 0 radical (unpaired) electrons. The van der Waals surface area contributed by atoms with Crippen LogP contribution in [0.2, 0.25) is 0 Å². The molecule has 3 N–H and O–H groups in total. The van der Waals surface area contributed by atoms with Crippen molar-refractivity contribution >= 4 is 59.5 Å². The normalized spacial score (nSPS) is 19.0. The van der Waals surface area contributed by atoms with Crippen LogP contribution in [0.4, 0.5) is 5.82 Å². The average molecular weight is 896 g/mol. The zero-order valence-electron chi connectivity index (χ0n) is 34.6. The van der Waals surface area contributed by atoms with Crippen LogP contribution >= 0.6 is 0 Å². The first-order chi connectivity index (χ1) is 30.9. The monoisotopic (exact) mass is 895 g/mol. The van der Waals surface area contributed by atoms with Gasteiger partial charge in [0.05, 0.1) is 45.6 Å². The molecule has 0 spiro atoms. The van der Waals surface area contributed by atoms with Crippen molar-refractivity contribution < 1.29 is 16.8 Å². The van der Waals surface area contributed by atoms with E-state index in [9.17, 15) is 16.8 Å². The lowest BCUT2D eigenvalue weighted by molar-refractivity contribution is 0.587. The van der Waals surface area contributed by atoms with Gasteiger partial charge in [0, 0.05) is 36.3 Å². The summed E-state index contributed by atoms with van der Waals surface area (Å²) in [5.41, 5.74) is 11.5. The van der Waals surface area contributed by atoms with Gasteiger partial charge in [-0.2, -0.15) is 5.26 Å². The Morgan fingerprint density at radius 3 is 1.61 bits per heavy atom. The third-order valence-electron chi connectivity index (χ3n) is 12.0. The van der Waals surface area contributed by atoms with E-state index in [-0.39, 0.29) is 39.4 Å². The predicted octanol–water partition coefficient (Wildman–Crippen LogP) is 5.25. The van der Waals surface area contributed by atoms with Crippen LogP contribution in [0.25, 0.3) is 33.6 Å². The maximum atomic E-state index is 13.3. The molecule has 2 aromatic carbocycles. The molecule has 0 saturated heterocycles. The third kappa shape index (κ3) is 7.18. The van der Waals surface area contributed by atoms with E-state index >= 15 is 0 Å². The minimum absolute atomic E-state index is 0.117. The molecule has 2 fully saturated rings. The second-order valence-corrected chi connectivity index (χ2v) is 19.9. The number of aromatic nitrogens is 12. The maximum absolute atomic E-state index is 13.3. The van der Waals surface area contributed by atoms with Crippen LogP contribution in [-0.4, -0.2) is 86.0 Å². The quantitative estimate of drug-likeness (QED) is 0.198. The Balaban J connectivity index is 0.000000156. The fourth-order valence-electron chi connectivity index (χ4n) is 8.74. The van der Waals surface area contributed by atoms with Crippen molar-refractivity contribution in [2.45, 2.75) is 86.1 Å². The maximum Gasteiger partial charge on any atom is 0.269 e. The number of nitriles is 1. The summed E-state index contributed by atoms with van der Waals surface area (Å²) in [5, 5.41) is 29.6. The molecular weight excluding hydrogens is 855 g/mol. The molecule has 0 bridgehead atoms. The molecule has 0 amide bonds. The Kier molecular flexibility index (Phi) is 10.1. The van der Waals surface area contributed by atoms with Crippen molar-refractivity contribution in [3.05, 3.63) is 126 Å². The molecule has 11 rings (SSSR count). The van der Waals surface area contributed by atoms with E-state index in [0.717, 1.165) is 61.3 Å². The molecule has 7 heterocycles. The van der Waals surface area contributed by atoms with Crippen molar-refractivity contribution in [3.8, 4) is 6.07 Å². The van der Waals surface area contributed by atoms with Crippen LogP contribution in [0, 0.1) is 25.2 Å². The van der Waals surface area contributed by atoms with Crippen LogP contribution in [0.3, 0.4) is 0 Å². The van der Waals surface area contributed by atoms with Gasteiger partial charge >= 0.3 is 0 Å². The SMILES string of the molecule is Cc1ccc(S(=O)(=O)n2ccc3c2ncc2nnc([C@@H]4CC[C@H](N)C4)n23)cc1.Cc1ccc(S(=O)(=O)n2ccc3c2ncc2nnc([C@@H]4CC[C@H](Nc5cnc(C#N)cn5)C4)n23)cc1. The molecule has 9 aromatic rings. The lowest BCUT2D eigenvalue weighted by Gasteiger charge is -2.13. The summed E-state index contributed by atoms with van der Waals surface area (Å²) < 4.78 is 59.2. The van der Waals surface area contributed by atoms with Crippen molar-refractivity contribution in [2.75, 3.05) is 5.32 Å². The van der Waals surface area contributed by atoms with Crippen LogP contribution in [-0.2, 0) is 20.0 Å². The number of rotatable bonds is 8. The lowest BCUT2D eigenvalue weighted by atomic mass is 10.1. The highest BCUT2D eigenvalue weighted by Crippen LogP contribution is 2.37. The van der Waals surface area contributed by atoms with Gasteiger partial charge in [0.15, 0.2) is 28.3 Å². The number of aryl methyl sites for hydroxylation is 2. The molecule has 64 heavy (non-hydrogen) atoms. The number of nitrogens with one attached hydrogen (secondary N) is 1. The first-order valence-electron chi connectivity index (χ1n) is 20.7. The van der Waals surface area contributed by atoms with Gasteiger partial charge in [-0.1, -0.05) is 35.4 Å². The van der Waals surface area contributed by atoms with E-state index < -0.39 is 20.0 Å². The molecule has 0 unspecified atom stereocenters. The third-order valence-corrected chi connectivity index (χ3v) is 15.4. The number of nitrogens with zero attached hydrogens (tertiary/aromatic N) is 13. The predicted molar refractivity (Wildman–Crippen MR) is 235 cm³/mol. The smallest absolute Gasteiger partial charge is 0.269 e. The van der Waals surface area contributed by atoms with Gasteiger partial charge in [0.1, 0.15) is 23.5 Å². The number of hydrogen-bond acceptors (Lipinski definition) is 15. The van der Waals surface area contributed by atoms with Crippen LogP contribution in [0.15, 0.2) is 108 Å². The zero-order valence-corrected chi connectivity index (χ0v) is 36.3. The number of nitrogens with two attached hydrogens (primary N) is 1. The fraction of sp³-hybridized carbons (Fsp3) is 0.279. The molecule has 19 nitrogen and oxygen atoms in total. The molecule has 324 valence electrons.